The van der Waals surface area contributed by atoms with Crippen LogP contribution < -0.4 is 4.74 Å². The fourth-order valence-electron chi connectivity index (χ4n) is 1.16. The lowest BCUT2D eigenvalue weighted by Crippen LogP contribution is -2.14. The molecule has 0 aliphatic rings. The summed E-state index contributed by atoms with van der Waals surface area (Å²) in [6.45, 7) is 0. The summed E-state index contributed by atoms with van der Waals surface area (Å²) in [5, 5.41) is 0. The number of alkyl halides is 5. The van der Waals surface area contributed by atoms with E-state index < -0.39 is 35.3 Å². The van der Waals surface area contributed by atoms with Crippen molar-refractivity contribution in [1.29, 1.82) is 0 Å². The highest BCUT2D eigenvalue weighted by Crippen LogP contribution is 2.35. The second-order valence-corrected chi connectivity index (χ2v) is 2.94. The molecule has 0 aliphatic heterocycles. The third-order valence-electron chi connectivity index (χ3n) is 1.87. The zero-order valence-electron chi connectivity index (χ0n) is 8.39. The first kappa shape index (κ1) is 13.3. The SMILES string of the molecule is COc1nc(C(F)(F)F)c(C=O)cc1C(F)F. The predicted octanol–water partition coefficient (Wildman–Crippen LogP) is 2.86. The summed E-state index contributed by atoms with van der Waals surface area (Å²) in [6, 6.07) is 0.423. The summed E-state index contributed by atoms with van der Waals surface area (Å²) < 4.78 is 66.5. The number of halogens is 5. The molecule has 0 bridgehead atoms. The van der Waals surface area contributed by atoms with Gasteiger partial charge in [-0.3, -0.25) is 4.79 Å². The Morgan fingerprint density at radius 3 is 2.35 bits per heavy atom. The minimum absolute atomic E-state index is 0.179. The van der Waals surface area contributed by atoms with Crippen molar-refractivity contribution in [3.05, 3.63) is 22.9 Å². The van der Waals surface area contributed by atoms with Crippen LogP contribution in [0.2, 0.25) is 0 Å². The molecule has 0 amide bonds. The standard InChI is InChI=1S/C9H6F5NO2/c1-17-8-5(7(10)11)2-4(3-16)6(15-8)9(12,13)14/h2-3,7H,1H3. The lowest BCUT2D eigenvalue weighted by Gasteiger charge is -2.13. The van der Waals surface area contributed by atoms with E-state index in [2.05, 4.69) is 9.72 Å². The van der Waals surface area contributed by atoms with Gasteiger partial charge < -0.3 is 4.74 Å². The second-order valence-electron chi connectivity index (χ2n) is 2.94. The highest BCUT2D eigenvalue weighted by Gasteiger charge is 2.37. The molecule has 17 heavy (non-hydrogen) atoms. The van der Waals surface area contributed by atoms with E-state index >= 15 is 0 Å². The maximum Gasteiger partial charge on any atom is 0.434 e. The van der Waals surface area contributed by atoms with Gasteiger partial charge in [0.25, 0.3) is 6.43 Å². The zero-order valence-corrected chi connectivity index (χ0v) is 8.39. The number of hydrogen-bond acceptors (Lipinski definition) is 3. The summed E-state index contributed by atoms with van der Waals surface area (Å²) >= 11 is 0. The fourth-order valence-corrected chi connectivity index (χ4v) is 1.16. The maximum absolute atomic E-state index is 12.4. The monoisotopic (exact) mass is 255 g/mol. The molecule has 1 heterocycles. The van der Waals surface area contributed by atoms with E-state index in [9.17, 15) is 26.7 Å². The van der Waals surface area contributed by atoms with Crippen molar-refractivity contribution < 1.29 is 31.5 Å². The Bertz CT molecular complexity index is 430. The normalized spacial score (nSPS) is 11.7. The molecule has 0 N–H and O–H groups in total. The van der Waals surface area contributed by atoms with Crippen LogP contribution in [0.3, 0.4) is 0 Å². The van der Waals surface area contributed by atoms with E-state index in [4.69, 9.17) is 0 Å². The van der Waals surface area contributed by atoms with Gasteiger partial charge in [0.1, 0.15) is 0 Å². The number of methoxy groups -OCH3 is 1. The van der Waals surface area contributed by atoms with Crippen molar-refractivity contribution in [2.45, 2.75) is 12.6 Å². The molecule has 0 radical (unpaired) electrons. The average molecular weight is 255 g/mol. The van der Waals surface area contributed by atoms with Crippen LogP contribution >= 0.6 is 0 Å². The molecule has 0 saturated carbocycles. The molecule has 0 atom stereocenters. The molecule has 94 valence electrons. The first-order chi connectivity index (χ1) is 7.81. The highest BCUT2D eigenvalue weighted by molar-refractivity contribution is 5.77. The Morgan fingerprint density at radius 2 is 2.00 bits per heavy atom. The molecule has 0 fully saturated rings. The van der Waals surface area contributed by atoms with Crippen molar-refractivity contribution in [3.8, 4) is 5.88 Å². The summed E-state index contributed by atoms with van der Waals surface area (Å²) in [4.78, 5) is 13.3. The number of carbonyl (C=O) groups is 1. The van der Waals surface area contributed by atoms with Crippen LogP contribution in [0.25, 0.3) is 0 Å². The lowest BCUT2D eigenvalue weighted by molar-refractivity contribution is -0.141. The van der Waals surface area contributed by atoms with Crippen LogP contribution in [0.1, 0.15) is 28.0 Å². The number of pyridine rings is 1. The van der Waals surface area contributed by atoms with Crippen LogP contribution in [0.4, 0.5) is 22.0 Å². The largest absolute Gasteiger partial charge is 0.481 e. The van der Waals surface area contributed by atoms with Crippen molar-refractivity contribution >= 4 is 6.29 Å². The molecule has 1 aromatic heterocycles. The van der Waals surface area contributed by atoms with E-state index in [1.54, 1.807) is 0 Å². The number of carbonyl (C=O) groups excluding carboxylic acids is 1. The van der Waals surface area contributed by atoms with Gasteiger partial charge in [-0.05, 0) is 6.07 Å². The van der Waals surface area contributed by atoms with Crippen molar-refractivity contribution in [2.75, 3.05) is 7.11 Å². The Kier molecular flexibility index (Phi) is 3.64. The molecular formula is C9H6F5NO2. The van der Waals surface area contributed by atoms with Crippen molar-refractivity contribution in [2.24, 2.45) is 0 Å². The smallest absolute Gasteiger partial charge is 0.434 e. The predicted molar refractivity (Wildman–Crippen MR) is 46.1 cm³/mol. The molecule has 1 aromatic rings. The van der Waals surface area contributed by atoms with Gasteiger partial charge in [0, 0.05) is 5.56 Å². The number of aromatic nitrogens is 1. The fraction of sp³-hybridized carbons (Fsp3) is 0.333. The molecule has 3 nitrogen and oxygen atoms in total. The number of hydrogen-bond donors (Lipinski definition) is 0. The molecule has 0 unspecified atom stereocenters. The number of ether oxygens (including phenoxy) is 1. The van der Waals surface area contributed by atoms with Gasteiger partial charge in [-0.2, -0.15) is 13.2 Å². The maximum atomic E-state index is 12.4. The minimum atomic E-state index is -4.91. The Balaban J connectivity index is 3.49. The second kappa shape index (κ2) is 4.64. The summed E-state index contributed by atoms with van der Waals surface area (Å²) in [5.41, 5.74) is -3.36. The summed E-state index contributed by atoms with van der Waals surface area (Å²) in [5.74, 6) is -0.849. The Hall–Kier alpha value is -1.73. The van der Waals surface area contributed by atoms with E-state index in [0.717, 1.165) is 7.11 Å². The van der Waals surface area contributed by atoms with Gasteiger partial charge in [0.15, 0.2) is 12.0 Å². The van der Waals surface area contributed by atoms with Gasteiger partial charge in [0.05, 0.1) is 12.7 Å². The van der Waals surface area contributed by atoms with Crippen LogP contribution in [0.5, 0.6) is 5.88 Å². The van der Waals surface area contributed by atoms with Crippen molar-refractivity contribution in [3.63, 3.8) is 0 Å². The lowest BCUT2D eigenvalue weighted by atomic mass is 10.1. The van der Waals surface area contributed by atoms with Crippen LogP contribution in [0.15, 0.2) is 6.07 Å². The molecule has 0 saturated heterocycles. The van der Waals surface area contributed by atoms with Gasteiger partial charge in [-0.25, -0.2) is 13.8 Å². The molecule has 0 aromatic carbocycles. The van der Waals surface area contributed by atoms with Crippen LogP contribution in [0, 0.1) is 0 Å². The topological polar surface area (TPSA) is 39.2 Å². The van der Waals surface area contributed by atoms with Crippen molar-refractivity contribution in [1.82, 2.24) is 4.98 Å². The molecule has 8 heteroatoms. The van der Waals surface area contributed by atoms with E-state index in [1.165, 1.54) is 0 Å². The average Bonchev–Trinajstić information content (AvgIpc) is 2.25. The first-order valence-electron chi connectivity index (χ1n) is 4.20. The third-order valence-corrected chi connectivity index (χ3v) is 1.87. The first-order valence-corrected chi connectivity index (χ1v) is 4.20. The Labute approximate surface area is 92.2 Å². The summed E-state index contributed by atoms with van der Waals surface area (Å²) in [6.07, 6.45) is -8.18. The van der Waals surface area contributed by atoms with Gasteiger partial charge in [-0.15, -0.1) is 0 Å². The van der Waals surface area contributed by atoms with E-state index in [0.29, 0.717) is 6.07 Å². The quantitative estimate of drug-likeness (QED) is 0.615. The molecular weight excluding hydrogens is 249 g/mol. The van der Waals surface area contributed by atoms with Crippen LogP contribution in [-0.4, -0.2) is 18.4 Å². The Morgan fingerprint density at radius 1 is 1.41 bits per heavy atom. The van der Waals surface area contributed by atoms with Gasteiger partial charge >= 0.3 is 6.18 Å². The van der Waals surface area contributed by atoms with Gasteiger partial charge in [0.2, 0.25) is 5.88 Å². The molecule has 0 spiro atoms. The van der Waals surface area contributed by atoms with Crippen LogP contribution in [-0.2, 0) is 6.18 Å². The van der Waals surface area contributed by atoms with Gasteiger partial charge in [-0.1, -0.05) is 0 Å². The minimum Gasteiger partial charge on any atom is -0.481 e. The third kappa shape index (κ3) is 2.69. The number of rotatable bonds is 3. The highest BCUT2D eigenvalue weighted by atomic mass is 19.4. The molecule has 0 aliphatic carbocycles. The van der Waals surface area contributed by atoms with E-state index in [1.807, 2.05) is 0 Å². The summed E-state index contributed by atoms with van der Waals surface area (Å²) in [7, 11) is 0.912. The zero-order chi connectivity index (χ0) is 13.2. The molecule has 1 rings (SSSR count). The number of nitrogens with zero attached hydrogens (tertiary/aromatic N) is 1. The van der Waals surface area contributed by atoms with E-state index in [-0.39, 0.29) is 6.29 Å². The number of aldehydes is 1.